The van der Waals surface area contributed by atoms with Gasteiger partial charge in [-0.2, -0.15) is 4.37 Å². The molecule has 2 aromatic heterocycles. The Kier molecular flexibility index (Phi) is 3.37. The summed E-state index contributed by atoms with van der Waals surface area (Å²) in [5.41, 5.74) is 3.42. The van der Waals surface area contributed by atoms with Crippen LogP contribution in [0.5, 0.6) is 0 Å². The van der Waals surface area contributed by atoms with Crippen molar-refractivity contribution >= 4 is 33.5 Å². The van der Waals surface area contributed by atoms with Crippen LogP contribution < -0.4 is 5.32 Å². The molecule has 118 valence electrons. The van der Waals surface area contributed by atoms with Gasteiger partial charge in [-0.3, -0.25) is 4.79 Å². The van der Waals surface area contributed by atoms with Crippen LogP contribution >= 0.6 is 11.5 Å². The van der Waals surface area contributed by atoms with Gasteiger partial charge in [0.15, 0.2) is 12.0 Å². The number of aromatic nitrogens is 2. The van der Waals surface area contributed by atoms with E-state index in [1.807, 2.05) is 0 Å². The lowest BCUT2D eigenvalue weighted by atomic mass is 10.1. The lowest BCUT2D eigenvalue weighted by molar-refractivity contribution is -0.115. The van der Waals surface area contributed by atoms with E-state index in [1.54, 1.807) is 0 Å². The van der Waals surface area contributed by atoms with Gasteiger partial charge in [0.05, 0.1) is 12.1 Å². The molecular weight excluding hydrogens is 317 g/mol. The number of anilines is 1. The molecule has 1 unspecified atom stereocenters. The zero-order chi connectivity index (χ0) is 16.0. The van der Waals surface area contributed by atoms with E-state index in [9.17, 15) is 9.18 Å². The molecule has 0 spiro atoms. The predicted octanol–water partition coefficient (Wildman–Crippen LogP) is 3.65. The van der Waals surface area contributed by atoms with Crippen LogP contribution in [0.4, 0.5) is 9.39 Å². The summed E-state index contributed by atoms with van der Waals surface area (Å²) in [5, 5.41) is 3.65. The molecule has 3 aromatic rings. The highest BCUT2D eigenvalue weighted by molar-refractivity contribution is 7.10. The van der Waals surface area contributed by atoms with Gasteiger partial charge in [0.2, 0.25) is 5.91 Å². The second-order valence-electron chi connectivity index (χ2n) is 5.80. The van der Waals surface area contributed by atoms with Crippen LogP contribution in [0.2, 0.25) is 0 Å². The Morgan fingerprint density at radius 2 is 2.39 bits per heavy atom. The van der Waals surface area contributed by atoms with E-state index in [2.05, 4.69) is 21.6 Å². The molecule has 5 nitrogen and oxygen atoms in total. The van der Waals surface area contributed by atoms with E-state index in [0.717, 1.165) is 29.1 Å². The lowest BCUT2D eigenvalue weighted by Crippen LogP contribution is -2.15. The molecule has 0 radical (unpaired) electrons. The number of carbonyl (C=O) groups excluding carboxylic acids is 1. The van der Waals surface area contributed by atoms with Crippen molar-refractivity contribution in [1.82, 2.24) is 9.36 Å². The number of rotatable bonds is 3. The zero-order valence-electron chi connectivity index (χ0n) is 12.4. The van der Waals surface area contributed by atoms with Crippen LogP contribution in [-0.2, 0) is 17.6 Å². The number of nitrogens with one attached hydrogen (secondary N) is 1. The standard InChI is InChI=1S/C16H14FN3O2S/c1-8-2-3-10-15(8)20-23-16(10)19-14(21)5-9-4-13-12(6-11(9)17)18-7-22-13/h4,6-8H,2-3,5H2,1H3,(H,19,21). The first-order valence-corrected chi connectivity index (χ1v) is 8.19. The third kappa shape index (κ3) is 2.50. The molecule has 2 heterocycles. The third-order valence-electron chi connectivity index (χ3n) is 4.22. The van der Waals surface area contributed by atoms with Gasteiger partial charge in [0.25, 0.3) is 0 Å². The molecule has 0 saturated heterocycles. The van der Waals surface area contributed by atoms with Gasteiger partial charge in [-0.15, -0.1) is 0 Å². The molecule has 1 aliphatic rings. The second kappa shape index (κ2) is 5.42. The van der Waals surface area contributed by atoms with Gasteiger partial charge < -0.3 is 9.73 Å². The average molecular weight is 331 g/mol. The first-order valence-electron chi connectivity index (χ1n) is 7.41. The summed E-state index contributed by atoms with van der Waals surface area (Å²) in [6, 6.07) is 2.81. The van der Waals surface area contributed by atoms with Crippen molar-refractivity contribution < 1.29 is 13.6 Å². The molecule has 1 aliphatic carbocycles. The fourth-order valence-electron chi connectivity index (χ4n) is 2.95. The van der Waals surface area contributed by atoms with Crippen LogP contribution in [0.15, 0.2) is 22.9 Å². The Hall–Kier alpha value is -2.28. The van der Waals surface area contributed by atoms with Crippen LogP contribution in [-0.4, -0.2) is 15.3 Å². The Morgan fingerprint density at radius 3 is 3.26 bits per heavy atom. The molecule has 1 amide bonds. The van der Waals surface area contributed by atoms with Gasteiger partial charge in [0.1, 0.15) is 16.3 Å². The summed E-state index contributed by atoms with van der Waals surface area (Å²) in [6.07, 6.45) is 3.20. The van der Waals surface area contributed by atoms with Crippen LogP contribution in [0.3, 0.4) is 0 Å². The number of benzene rings is 1. The maximum absolute atomic E-state index is 14.0. The van der Waals surface area contributed by atoms with E-state index in [4.69, 9.17) is 4.42 Å². The van der Waals surface area contributed by atoms with Crippen LogP contribution in [0.1, 0.15) is 36.1 Å². The number of carbonyl (C=O) groups is 1. The number of halogens is 1. The second-order valence-corrected chi connectivity index (χ2v) is 6.58. The summed E-state index contributed by atoms with van der Waals surface area (Å²) in [4.78, 5) is 16.1. The molecule has 0 saturated carbocycles. The molecule has 1 N–H and O–H groups in total. The summed E-state index contributed by atoms with van der Waals surface area (Å²) >= 11 is 1.30. The molecule has 0 fully saturated rings. The molecule has 23 heavy (non-hydrogen) atoms. The molecule has 1 atom stereocenters. The highest BCUT2D eigenvalue weighted by Gasteiger charge is 2.26. The Bertz CT molecular complexity index is 902. The van der Waals surface area contributed by atoms with E-state index in [-0.39, 0.29) is 12.3 Å². The highest BCUT2D eigenvalue weighted by atomic mass is 32.1. The minimum Gasteiger partial charge on any atom is -0.443 e. The summed E-state index contributed by atoms with van der Waals surface area (Å²) in [6.45, 7) is 2.14. The van der Waals surface area contributed by atoms with E-state index < -0.39 is 5.82 Å². The van der Waals surface area contributed by atoms with Gasteiger partial charge in [0, 0.05) is 23.1 Å². The molecule has 7 heteroatoms. The maximum atomic E-state index is 14.0. The third-order valence-corrected chi connectivity index (χ3v) is 5.04. The first kappa shape index (κ1) is 14.3. The highest BCUT2D eigenvalue weighted by Crippen LogP contribution is 2.38. The Labute approximate surface area is 135 Å². The topological polar surface area (TPSA) is 68.0 Å². The van der Waals surface area contributed by atoms with Gasteiger partial charge >= 0.3 is 0 Å². The smallest absolute Gasteiger partial charge is 0.229 e. The number of nitrogens with zero attached hydrogens (tertiary/aromatic N) is 2. The summed E-state index contributed by atoms with van der Waals surface area (Å²) < 4.78 is 23.6. The monoisotopic (exact) mass is 331 g/mol. The van der Waals surface area contributed by atoms with E-state index in [0.29, 0.717) is 22.6 Å². The Morgan fingerprint density at radius 1 is 1.52 bits per heavy atom. The van der Waals surface area contributed by atoms with E-state index in [1.165, 1.54) is 30.1 Å². The normalized spacial score (nSPS) is 16.7. The van der Waals surface area contributed by atoms with Crippen molar-refractivity contribution in [3.8, 4) is 0 Å². The lowest BCUT2D eigenvalue weighted by Gasteiger charge is -2.05. The molecule has 4 rings (SSSR count). The summed E-state index contributed by atoms with van der Waals surface area (Å²) in [5.74, 6) is -0.267. The van der Waals surface area contributed by atoms with Crippen LogP contribution in [0, 0.1) is 5.82 Å². The van der Waals surface area contributed by atoms with Crippen molar-refractivity contribution in [1.29, 1.82) is 0 Å². The molecule has 0 bridgehead atoms. The number of hydrogen-bond donors (Lipinski definition) is 1. The fraction of sp³-hybridized carbons (Fsp3) is 0.312. The minimum atomic E-state index is -0.454. The zero-order valence-corrected chi connectivity index (χ0v) is 13.2. The minimum absolute atomic E-state index is 0.0509. The largest absolute Gasteiger partial charge is 0.443 e. The maximum Gasteiger partial charge on any atom is 0.229 e. The van der Waals surface area contributed by atoms with Gasteiger partial charge in [-0.1, -0.05) is 6.92 Å². The SMILES string of the molecule is CC1CCc2c1nsc2NC(=O)Cc1cc2ocnc2cc1F. The van der Waals surface area contributed by atoms with Gasteiger partial charge in [-0.25, -0.2) is 9.37 Å². The molecular formula is C16H14FN3O2S. The van der Waals surface area contributed by atoms with Gasteiger partial charge in [-0.05, 0) is 30.4 Å². The van der Waals surface area contributed by atoms with Crippen LogP contribution in [0.25, 0.3) is 11.1 Å². The number of oxazole rings is 1. The number of fused-ring (bicyclic) bond motifs is 2. The molecule has 0 aliphatic heterocycles. The number of hydrogen-bond acceptors (Lipinski definition) is 5. The Balaban J connectivity index is 1.53. The quantitative estimate of drug-likeness (QED) is 0.795. The summed E-state index contributed by atoms with van der Waals surface area (Å²) in [7, 11) is 0. The van der Waals surface area contributed by atoms with Crippen molar-refractivity contribution in [2.45, 2.75) is 32.1 Å². The predicted molar refractivity (Wildman–Crippen MR) is 85.2 cm³/mol. The first-order chi connectivity index (χ1) is 11.1. The molecule has 1 aromatic carbocycles. The van der Waals surface area contributed by atoms with Crippen molar-refractivity contribution in [3.63, 3.8) is 0 Å². The average Bonchev–Trinajstić information content (AvgIpc) is 3.19. The number of amides is 1. The van der Waals surface area contributed by atoms with Crippen molar-refractivity contribution in [2.24, 2.45) is 0 Å². The van der Waals surface area contributed by atoms with Crippen molar-refractivity contribution in [2.75, 3.05) is 5.32 Å². The van der Waals surface area contributed by atoms with Crippen molar-refractivity contribution in [3.05, 3.63) is 41.2 Å². The van der Waals surface area contributed by atoms with E-state index >= 15 is 0 Å². The fourth-order valence-corrected chi connectivity index (χ4v) is 3.90.